The number of nitrogens with one attached hydrogen (secondary N) is 2. The van der Waals surface area contributed by atoms with Crippen molar-refractivity contribution in [3.05, 3.63) is 35.4 Å². The Bertz CT molecular complexity index is 717. The smallest absolute Gasteiger partial charge is 0.191 e. The maximum atomic E-state index is 5.96. The summed E-state index contributed by atoms with van der Waals surface area (Å²) < 4.78 is 5.96. The third-order valence-corrected chi connectivity index (χ3v) is 7.37. The third kappa shape index (κ3) is 3.22. The van der Waals surface area contributed by atoms with Crippen molar-refractivity contribution in [3.63, 3.8) is 0 Å². The number of fused-ring (bicyclic) bond motifs is 2. The zero-order valence-corrected chi connectivity index (χ0v) is 18.1. The molecule has 1 aromatic rings. The Morgan fingerprint density at radius 2 is 1.89 bits per heavy atom. The van der Waals surface area contributed by atoms with E-state index in [1.165, 1.54) is 11.1 Å². The van der Waals surface area contributed by atoms with Crippen LogP contribution >= 0.6 is 0 Å². The summed E-state index contributed by atoms with van der Waals surface area (Å²) in [5.74, 6) is 1.56. The Balaban J connectivity index is 1.50. The molecule has 1 saturated carbocycles. The fraction of sp³-hybridized carbons (Fsp3) is 0.696. The van der Waals surface area contributed by atoms with E-state index in [4.69, 9.17) is 9.73 Å². The van der Waals surface area contributed by atoms with Crippen molar-refractivity contribution >= 4 is 5.96 Å². The van der Waals surface area contributed by atoms with E-state index >= 15 is 0 Å². The minimum Gasteiger partial charge on any atom is -0.377 e. The minimum absolute atomic E-state index is 0.0557. The van der Waals surface area contributed by atoms with Crippen molar-refractivity contribution in [2.75, 3.05) is 33.8 Å². The lowest BCUT2D eigenvalue weighted by Gasteiger charge is -2.55. The van der Waals surface area contributed by atoms with Crippen LogP contribution in [0.2, 0.25) is 0 Å². The molecule has 1 saturated heterocycles. The largest absolute Gasteiger partial charge is 0.377 e. The van der Waals surface area contributed by atoms with Gasteiger partial charge < -0.3 is 20.3 Å². The molecule has 2 N–H and O–H groups in total. The summed E-state index contributed by atoms with van der Waals surface area (Å²) in [4.78, 5) is 7.45. The fourth-order valence-corrected chi connectivity index (χ4v) is 5.55. The number of hydrogen-bond donors (Lipinski definition) is 2. The van der Waals surface area contributed by atoms with Gasteiger partial charge in [-0.1, -0.05) is 38.1 Å². The highest BCUT2D eigenvalue weighted by Gasteiger charge is 2.59. The van der Waals surface area contributed by atoms with Crippen molar-refractivity contribution in [1.82, 2.24) is 15.5 Å². The van der Waals surface area contributed by atoms with Gasteiger partial charge >= 0.3 is 0 Å². The van der Waals surface area contributed by atoms with Crippen LogP contribution in [-0.2, 0) is 17.6 Å². The van der Waals surface area contributed by atoms with Gasteiger partial charge in [0.15, 0.2) is 5.96 Å². The second-order valence-electron chi connectivity index (χ2n) is 9.62. The van der Waals surface area contributed by atoms with E-state index in [9.17, 15) is 0 Å². The fourth-order valence-electron chi connectivity index (χ4n) is 5.55. The quantitative estimate of drug-likeness (QED) is 0.605. The molecule has 4 rings (SSSR count). The number of aliphatic imine (C=N–C) groups is 1. The summed E-state index contributed by atoms with van der Waals surface area (Å²) in [7, 11) is 4.38. The molecule has 0 amide bonds. The van der Waals surface area contributed by atoms with Crippen LogP contribution in [0.5, 0.6) is 0 Å². The molecule has 1 heterocycles. The molecule has 0 radical (unpaired) electrons. The molecule has 0 aromatic heterocycles. The first-order valence-corrected chi connectivity index (χ1v) is 10.8. The van der Waals surface area contributed by atoms with Crippen molar-refractivity contribution in [3.8, 4) is 0 Å². The number of nitrogens with zero attached hydrogens (tertiary/aromatic N) is 2. The Morgan fingerprint density at radius 1 is 1.21 bits per heavy atom. The van der Waals surface area contributed by atoms with Gasteiger partial charge in [-0.3, -0.25) is 4.99 Å². The van der Waals surface area contributed by atoms with Crippen LogP contribution in [0.4, 0.5) is 0 Å². The average molecular weight is 385 g/mol. The van der Waals surface area contributed by atoms with Gasteiger partial charge in [-0.25, -0.2) is 0 Å². The molecular formula is C23H36N4O. The predicted molar refractivity (Wildman–Crippen MR) is 115 cm³/mol. The van der Waals surface area contributed by atoms with E-state index in [0.717, 1.165) is 44.9 Å². The summed E-state index contributed by atoms with van der Waals surface area (Å²) in [5.41, 5.74) is 3.14. The van der Waals surface area contributed by atoms with E-state index in [2.05, 4.69) is 74.7 Å². The predicted octanol–water partition coefficient (Wildman–Crippen LogP) is 2.45. The van der Waals surface area contributed by atoms with Gasteiger partial charge in [0, 0.05) is 36.1 Å². The molecule has 1 aromatic carbocycles. The first kappa shape index (κ1) is 19.7. The number of rotatable bonds is 5. The standard InChI is InChI=1S/C23H36N4O/c1-6-24-21(26-19-18-11-12-28-20(18)22(19,2)3)25-15-23(27(4)5)13-16-9-7-8-10-17(16)14-23/h7-10,18-20H,6,11-15H2,1-5H3,(H2,24,25,26). The highest BCUT2D eigenvalue weighted by atomic mass is 16.5. The van der Waals surface area contributed by atoms with Gasteiger partial charge in [0.05, 0.1) is 12.6 Å². The third-order valence-electron chi connectivity index (χ3n) is 7.37. The summed E-state index contributed by atoms with van der Waals surface area (Å²) in [6.07, 6.45) is 3.67. The molecule has 5 heteroatoms. The van der Waals surface area contributed by atoms with Gasteiger partial charge in [-0.05, 0) is 51.4 Å². The molecule has 0 bridgehead atoms. The highest BCUT2D eigenvalue weighted by Crippen LogP contribution is 2.52. The van der Waals surface area contributed by atoms with Gasteiger partial charge in [0.25, 0.3) is 0 Å². The SMILES string of the molecule is CCNC(=NCC1(N(C)C)Cc2ccccc2C1)NC1C2CCOC2C1(C)C. The molecule has 2 aliphatic carbocycles. The Labute approximate surface area is 169 Å². The van der Waals surface area contributed by atoms with Gasteiger partial charge in [-0.2, -0.15) is 0 Å². The van der Waals surface area contributed by atoms with Crippen LogP contribution in [0, 0.1) is 11.3 Å². The molecular weight excluding hydrogens is 348 g/mol. The molecule has 5 nitrogen and oxygen atoms in total. The lowest BCUT2D eigenvalue weighted by Crippen LogP contribution is -2.68. The second-order valence-corrected chi connectivity index (χ2v) is 9.62. The number of ether oxygens (including phenoxy) is 1. The van der Waals surface area contributed by atoms with E-state index in [1.807, 2.05) is 0 Å². The number of likely N-dealkylation sites (N-methyl/N-ethyl adjacent to an activating group) is 1. The first-order valence-electron chi connectivity index (χ1n) is 10.8. The maximum Gasteiger partial charge on any atom is 0.191 e. The molecule has 2 fully saturated rings. The highest BCUT2D eigenvalue weighted by molar-refractivity contribution is 5.80. The molecule has 0 spiro atoms. The molecule has 3 unspecified atom stereocenters. The van der Waals surface area contributed by atoms with E-state index in [0.29, 0.717) is 18.1 Å². The summed E-state index contributed by atoms with van der Waals surface area (Å²) in [5, 5.41) is 7.24. The summed E-state index contributed by atoms with van der Waals surface area (Å²) in [6.45, 7) is 9.33. The van der Waals surface area contributed by atoms with E-state index < -0.39 is 0 Å². The Morgan fingerprint density at radius 3 is 2.50 bits per heavy atom. The Kier molecular flexibility index (Phi) is 5.17. The zero-order valence-electron chi connectivity index (χ0n) is 18.1. The number of benzene rings is 1. The summed E-state index contributed by atoms with van der Waals surface area (Å²) in [6, 6.07) is 9.26. The van der Waals surface area contributed by atoms with Crippen molar-refractivity contribution in [2.24, 2.45) is 16.3 Å². The van der Waals surface area contributed by atoms with Crippen LogP contribution in [0.15, 0.2) is 29.3 Å². The average Bonchev–Trinajstić information content (AvgIpc) is 3.27. The Hall–Kier alpha value is -1.59. The van der Waals surface area contributed by atoms with Crippen molar-refractivity contribution in [2.45, 2.75) is 57.7 Å². The molecule has 28 heavy (non-hydrogen) atoms. The molecule has 3 aliphatic rings. The van der Waals surface area contributed by atoms with Crippen LogP contribution in [0.25, 0.3) is 0 Å². The number of hydrogen-bond acceptors (Lipinski definition) is 3. The first-order chi connectivity index (χ1) is 13.4. The van der Waals surface area contributed by atoms with Gasteiger partial charge in [0.1, 0.15) is 0 Å². The number of guanidine groups is 1. The molecule has 154 valence electrons. The monoisotopic (exact) mass is 384 g/mol. The van der Waals surface area contributed by atoms with E-state index in [1.54, 1.807) is 0 Å². The zero-order chi connectivity index (χ0) is 19.9. The van der Waals surface area contributed by atoms with Gasteiger partial charge in [0.2, 0.25) is 0 Å². The van der Waals surface area contributed by atoms with Crippen molar-refractivity contribution < 1.29 is 4.74 Å². The lowest BCUT2D eigenvalue weighted by atomic mass is 9.57. The topological polar surface area (TPSA) is 48.9 Å². The van der Waals surface area contributed by atoms with E-state index in [-0.39, 0.29) is 11.0 Å². The second kappa shape index (κ2) is 7.34. The maximum absolute atomic E-state index is 5.96. The van der Waals surface area contributed by atoms with Crippen LogP contribution in [-0.4, -0.2) is 62.3 Å². The van der Waals surface area contributed by atoms with Crippen LogP contribution in [0.3, 0.4) is 0 Å². The molecule has 1 aliphatic heterocycles. The van der Waals surface area contributed by atoms with Crippen LogP contribution in [0.1, 0.15) is 38.3 Å². The minimum atomic E-state index is 0.0557. The summed E-state index contributed by atoms with van der Waals surface area (Å²) >= 11 is 0. The van der Waals surface area contributed by atoms with Gasteiger partial charge in [-0.15, -0.1) is 0 Å². The molecule has 3 atom stereocenters. The lowest BCUT2D eigenvalue weighted by molar-refractivity contribution is -0.106. The van der Waals surface area contributed by atoms with Crippen molar-refractivity contribution in [1.29, 1.82) is 0 Å². The normalized spacial score (nSPS) is 29.9. The van der Waals surface area contributed by atoms with Crippen LogP contribution < -0.4 is 10.6 Å².